The summed E-state index contributed by atoms with van der Waals surface area (Å²) in [7, 11) is 0. The van der Waals surface area contributed by atoms with Crippen molar-refractivity contribution in [2.75, 3.05) is 6.61 Å². The maximum Gasteiger partial charge on any atom is 0.124 e. The number of nitrogens with zero attached hydrogens (tertiary/aromatic N) is 4. The number of rotatable bonds is 2. The van der Waals surface area contributed by atoms with Gasteiger partial charge in [-0.25, -0.2) is 4.68 Å². The van der Waals surface area contributed by atoms with Gasteiger partial charge in [0.15, 0.2) is 0 Å². The van der Waals surface area contributed by atoms with Crippen LogP contribution < -0.4 is 4.74 Å². The van der Waals surface area contributed by atoms with E-state index in [0.29, 0.717) is 6.61 Å². The van der Waals surface area contributed by atoms with E-state index < -0.39 is 0 Å². The lowest BCUT2D eigenvalue weighted by molar-refractivity contribution is 0.249. The first-order chi connectivity index (χ1) is 12.8. The summed E-state index contributed by atoms with van der Waals surface area (Å²) in [6, 6.07) is 14.4. The Kier molecular flexibility index (Phi) is 3.71. The molecule has 1 atom stereocenters. The molecule has 0 unspecified atom stereocenters. The summed E-state index contributed by atoms with van der Waals surface area (Å²) in [5.74, 6) is 0.913. The average Bonchev–Trinajstić information content (AvgIpc) is 3.17. The van der Waals surface area contributed by atoms with Crippen molar-refractivity contribution in [1.29, 1.82) is 0 Å². The topological polar surface area (TPSA) is 52.8 Å². The molecule has 128 valence electrons. The Morgan fingerprint density at radius 2 is 2.12 bits per heavy atom. The van der Waals surface area contributed by atoms with E-state index in [1.54, 1.807) is 6.20 Å². The van der Waals surface area contributed by atoms with Crippen molar-refractivity contribution in [3.05, 3.63) is 71.1 Å². The van der Waals surface area contributed by atoms with E-state index in [1.165, 1.54) is 0 Å². The highest BCUT2D eigenvalue weighted by Gasteiger charge is 2.24. The van der Waals surface area contributed by atoms with Crippen LogP contribution in [-0.2, 0) is 0 Å². The van der Waals surface area contributed by atoms with Crippen LogP contribution in [-0.4, -0.2) is 26.6 Å². The monoisotopic (exact) mass is 406 g/mol. The van der Waals surface area contributed by atoms with Crippen LogP contribution in [0.4, 0.5) is 0 Å². The first-order valence-electron chi connectivity index (χ1n) is 8.47. The highest BCUT2D eigenvalue weighted by Crippen LogP contribution is 2.37. The van der Waals surface area contributed by atoms with Crippen molar-refractivity contribution >= 4 is 26.7 Å². The van der Waals surface area contributed by atoms with E-state index in [1.807, 2.05) is 41.3 Å². The van der Waals surface area contributed by atoms with E-state index in [0.717, 1.165) is 44.2 Å². The Hall–Kier alpha value is -2.73. The van der Waals surface area contributed by atoms with Crippen LogP contribution in [0.3, 0.4) is 0 Å². The van der Waals surface area contributed by atoms with Gasteiger partial charge in [0.25, 0.3) is 0 Å². The van der Waals surface area contributed by atoms with Crippen molar-refractivity contribution in [2.24, 2.45) is 0 Å². The molecule has 0 radical (unpaired) electrons. The van der Waals surface area contributed by atoms with Gasteiger partial charge in [0, 0.05) is 39.8 Å². The largest absolute Gasteiger partial charge is 0.493 e. The van der Waals surface area contributed by atoms with Gasteiger partial charge in [-0.2, -0.15) is 0 Å². The number of pyridine rings is 1. The normalized spacial score (nSPS) is 16.3. The number of aromatic nitrogens is 4. The minimum atomic E-state index is 0.116. The molecule has 0 saturated heterocycles. The van der Waals surface area contributed by atoms with Crippen LogP contribution in [0, 0.1) is 0 Å². The number of ether oxygens (including phenoxy) is 1. The number of halogens is 1. The fraction of sp³-hybridized carbons (Fsp3) is 0.150. The minimum absolute atomic E-state index is 0.116. The number of fused-ring (bicyclic) bond motifs is 2. The molecule has 0 bridgehead atoms. The Labute approximate surface area is 158 Å². The Morgan fingerprint density at radius 3 is 3.08 bits per heavy atom. The zero-order valence-electron chi connectivity index (χ0n) is 13.8. The highest BCUT2D eigenvalue weighted by atomic mass is 79.9. The average molecular weight is 407 g/mol. The molecule has 0 N–H and O–H groups in total. The molecule has 0 saturated carbocycles. The molecular formula is C20H15BrN4O. The summed E-state index contributed by atoms with van der Waals surface area (Å²) in [6.07, 6.45) is 6.57. The van der Waals surface area contributed by atoms with Crippen molar-refractivity contribution < 1.29 is 4.74 Å². The third-order valence-electron chi connectivity index (χ3n) is 4.77. The first kappa shape index (κ1) is 15.5. The summed E-state index contributed by atoms with van der Waals surface area (Å²) >= 11 is 3.55. The van der Waals surface area contributed by atoms with Crippen molar-refractivity contribution in [2.45, 2.75) is 12.5 Å². The van der Waals surface area contributed by atoms with Gasteiger partial charge in [0.2, 0.25) is 0 Å². The van der Waals surface area contributed by atoms with Gasteiger partial charge in [-0.05, 0) is 29.7 Å². The van der Waals surface area contributed by atoms with E-state index >= 15 is 0 Å². The zero-order valence-corrected chi connectivity index (χ0v) is 15.4. The molecule has 5 nitrogen and oxygen atoms in total. The Balaban J connectivity index is 1.59. The van der Waals surface area contributed by atoms with Crippen LogP contribution in [0.1, 0.15) is 18.0 Å². The third-order valence-corrected chi connectivity index (χ3v) is 5.26. The SMILES string of the molecule is Brc1ccc2c(c1)[C@@H](n1cc(-c3cccc4ccncc34)nn1)CCO2. The quantitative estimate of drug-likeness (QED) is 0.486. The molecule has 2 aromatic carbocycles. The van der Waals surface area contributed by atoms with Crippen molar-refractivity contribution in [3.8, 4) is 17.0 Å². The van der Waals surface area contributed by atoms with Gasteiger partial charge in [0.05, 0.1) is 18.8 Å². The van der Waals surface area contributed by atoms with Gasteiger partial charge < -0.3 is 4.74 Å². The Morgan fingerprint density at radius 1 is 1.15 bits per heavy atom. The number of hydrogen-bond acceptors (Lipinski definition) is 4. The smallest absolute Gasteiger partial charge is 0.124 e. The van der Waals surface area contributed by atoms with Crippen LogP contribution in [0.5, 0.6) is 5.75 Å². The maximum absolute atomic E-state index is 5.79. The highest BCUT2D eigenvalue weighted by molar-refractivity contribution is 9.10. The van der Waals surface area contributed by atoms with Gasteiger partial charge in [-0.15, -0.1) is 5.10 Å². The van der Waals surface area contributed by atoms with Gasteiger partial charge in [-0.1, -0.05) is 39.3 Å². The standard InChI is InChI=1S/C20H15BrN4O/c21-14-4-5-20-16(10-14)19(7-9-26-20)25-12-18(23-24-25)15-3-1-2-13-6-8-22-11-17(13)15/h1-6,8,10-12,19H,7,9H2/t19-/m0/s1. The molecule has 4 aromatic rings. The number of benzene rings is 2. The number of hydrogen-bond donors (Lipinski definition) is 0. The predicted octanol–water partition coefficient (Wildman–Crippen LogP) is 4.63. The minimum Gasteiger partial charge on any atom is -0.493 e. The second-order valence-electron chi connectivity index (χ2n) is 6.32. The Bertz CT molecular complexity index is 1100. The second kappa shape index (κ2) is 6.21. The lowest BCUT2D eigenvalue weighted by Gasteiger charge is -2.25. The molecular weight excluding hydrogens is 392 g/mol. The molecule has 0 aliphatic carbocycles. The van der Waals surface area contributed by atoms with Gasteiger partial charge in [-0.3, -0.25) is 4.98 Å². The summed E-state index contributed by atoms with van der Waals surface area (Å²) in [5, 5.41) is 11.1. The van der Waals surface area contributed by atoms with Gasteiger partial charge in [0.1, 0.15) is 11.4 Å². The van der Waals surface area contributed by atoms with Crippen LogP contribution >= 0.6 is 15.9 Å². The first-order valence-corrected chi connectivity index (χ1v) is 9.26. The molecule has 0 amide bonds. The molecule has 0 spiro atoms. The summed E-state index contributed by atoms with van der Waals surface area (Å²) in [6.45, 7) is 0.673. The van der Waals surface area contributed by atoms with Crippen LogP contribution in [0.25, 0.3) is 22.0 Å². The van der Waals surface area contributed by atoms with E-state index in [9.17, 15) is 0 Å². The fourth-order valence-electron chi connectivity index (χ4n) is 3.51. The maximum atomic E-state index is 5.79. The third kappa shape index (κ3) is 2.57. The van der Waals surface area contributed by atoms with Crippen LogP contribution in [0.2, 0.25) is 0 Å². The van der Waals surface area contributed by atoms with Gasteiger partial charge >= 0.3 is 0 Å². The summed E-state index contributed by atoms with van der Waals surface area (Å²) in [5.41, 5.74) is 3.02. The fourth-order valence-corrected chi connectivity index (χ4v) is 3.89. The van der Waals surface area contributed by atoms with E-state index in [4.69, 9.17) is 4.74 Å². The summed E-state index contributed by atoms with van der Waals surface area (Å²) < 4.78 is 8.77. The second-order valence-corrected chi connectivity index (χ2v) is 7.24. The van der Waals surface area contributed by atoms with E-state index in [-0.39, 0.29) is 6.04 Å². The molecule has 0 fully saturated rings. The molecule has 2 aromatic heterocycles. The van der Waals surface area contributed by atoms with Crippen molar-refractivity contribution in [1.82, 2.24) is 20.0 Å². The van der Waals surface area contributed by atoms with Crippen LogP contribution in [0.15, 0.2) is 65.5 Å². The lowest BCUT2D eigenvalue weighted by Crippen LogP contribution is -2.20. The molecule has 3 heterocycles. The van der Waals surface area contributed by atoms with E-state index in [2.05, 4.69) is 49.4 Å². The molecule has 26 heavy (non-hydrogen) atoms. The zero-order chi connectivity index (χ0) is 17.5. The molecule has 5 rings (SSSR count). The summed E-state index contributed by atoms with van der Waals surface area (Å²) in [4.78, 5) is 4.26. The molecule has 1 aliphatic rings. The molecule has 6 heteroatoms. The molecule has 1 aliphatic heterocycles. The lowest BCUT2D eigenvalue weighted by atomic mass is 10.0. The predicted molar refractivity (Wildman–Crippen MR) is 103 cm³/mol. The van der Waals surface area contributed by atoms with Crippen molar-refractivity contribution in [3.63, 3.8) is 0 Å².